The summed E-state index contributed by atoms with van der Waals surface area (Å²) in [6, 6.07) is 1.67. The Hall–Kier alpha value is -0.0400. The Balaban J connectivity index is 2.08. The van der Waals surface area contributed by atoms with E-state index >= 15 is 0 Å². The maximum atomic E-state index is 2.72. The van der Waals surface area contributed by atoms with E-state index in [-0.39, 0.29) is 0 Å². The topological polar surface area (TPSA) is 3.24 Å². The molecule has 1 nitrogen and oxygen atoms in total. The Labute approximate surface area is 76.1 Å². The lowest BCUT2D eigenvalue weighted by atomic mass is 9.95. The third-order valence-corrected chi connectivity index (χ3v) is 3.92. The van der Waals surface area contributed by atoms with Crippen molar-refractivity contribution in [1.29, 1.82) is 0 Å². The Morgan fingerprint density at radius 2 is 2.00 bits per heavy atom. The molecule has 1 saturated carbocycles. The van der Waals surface area contributed by atoms with Crippen molar-refractivity contribution in [3.63, 3.8) is 0 Å². The summed E-state index contributed by atoms with van der Waals surface area (Å²) < 4.78 is 0. The predicted molar refractivity (Wildman–Crippen MR) is 52.2 cm³/mol. The first-order chi connectivity index (χ1) is 5.69. The van der Waals surface area contributed by atoms with Crippen molar-refractivity contribution in [2.45, 2.75) is 58.5 Å². The molecule has 1 aliphatic carbocycles. The van der Waals surface area contributed by atoms with Gasteiger partial charge >= 0.3 is 0 Å². The highest BCUT2D eigenvalue weighted by atomic mass is 15.2. The van der Waals surface area contributed by atoms with Crippen LogP contribution in [0.4, 0.5) is 0 Å². The predicted octanol–water partition coefficient (Wildman–Crippen LogP) is 2.66. The van der Waals surface area contributed by atoms with E-state index in [0.29, 0.717) is 0 Å². The molecule has 0 aromatic carbocycles. The molecule has 1 heteroatoms. The minimum atomic E-state index is 0.759. The molecule has 0 unspecified atom stereocenters. The summed E-state index contributed by atoms with van der Waals surface area (Å²) >= 11 is 0. The molecule has 70 valence electrons. The zero-order valence-electron chi connectivity index (χ0n) is 8.64. The van der Waals surface area contributed by atoms with Crippen LogP contribution in [0.15, 0.2) is 0 Å². The molecule has 1 saturated heterocycles. The summed E-state index contributed by atoms with van der Waals surface area (Å²) in [5, 5.41) is 0. The highest BCUT2D eigenvalue weighted by Crippen LogP contribution is 2.58. The van der Waals surface area contributed by atoms with Gasteiger partial charge in [0.15, 0.2) is 0 Å². The normalized spacial score (nSPS) is 33.5. The lowest BCUT2D eigenvalue weighted by Gasteiger charge is -2.30. The van der Waals surface area contributed by atoms with E-state index in [0.717, 1.165) is 17.5 Å². The van der Waals surface area contributed by atoms with Gasteiger partial charge in [-0.1, -0.05) is 6.92 Å². The number of rotatable bonds is 2. The maximum absolute atomic E-state index is 2.72. The minimum Gasteiger partial charge on any atom is -0.297 e. The van der Waals surface area contributed by atoms with Crippen molar-refractivity contribution >= 4 is 0 Å². The van der Waals surface area contributed by atoms with E-state index in [1.165, 1.54) is 32.2 Å². The number of likely N-dealkylation sites (tertiary alicyclic amines) is 1. The van der Waals surface area contributed by atoms with E-state index in [9.17, 15) is 0 Å². The summed E-state index contributed by atoms with van der Waals surface area (Å²) in [4.78, 5) is 2.72. The van der Waals surface area contributed by atoms with Gasteiger partial charge in [0.25, 0.3) is 0 Å². The monoisotopic (exact) mass is 167 g/mol. The van der Waals surface area contributed by atoms with Gasteiger partial charge in [0.05, 0.1) is 0 Å². The fraction of sp³-hybridized carbons (Fsp3) is 1.00. The van der Waals surface area contributed by atoms with E-state index in [1.807, 2.05) is 0 Å². The standard InChI is InChI=1S/C11H21N/c1-4-10-11(5-6-11)7-8-12(10)9(2)3/h9-10H,4-8H2,1-3H3/t10-/m1/s1. The molecule has 1 heterocycles. The van der Waals surface area contributed by atoms with Crippen LogP contribution in [0.5, 0.6) is 0 Å². The highest BCUT2D eigenvalue weighted by molar-refractivity contribution is 5.07. The summed E-state index contributed by atoms with van der Waals surface area (Å²) in [6.45, 7) is 8.38. The molecule has 0 radical (unpaired) electrons. The second kappa shape index (κ2) is 2.73. The van der Waals surface area contributed by atoms with Crippen LogP contribution in [-0.2, 0) is 0 Å². The van der Waals surface area contributed by atoms with Crippen molar-refractivity contribution in [3.05, 3.63) is 0 Å². The first kappa shape index (κ1) is 8.55. The van der Waals surface area contributed by atoms with Crippen LogP contribution in [0.1, 0.15) is 46.5 Å². The van der Waals surface area contributed by atoms with Crippen LogP contribution in [0.3, 0.4) is 0 Å². The molecule has 1 atom stereocenters. The van der Waals surface area contributed by atoms with Crippen LogP contribution in [0, 0.1) is 5.41 Å². The summed E-state index contributed by atoms with van der Waals surface area (Å²) in [7, 11) is 0. The van der Waals surface area contributed by atoms with Gasteiger partial charge in [-0.3, -0.25) is 4.90 Å². The lowest BCUT2D eigenvalue weighted by Crippen LogP contribution is -2.38. The lowest BCUT2D eigenvalue weighted by molar-refractivity contribution is 0.170. The van der Waals surface area contributed by atoms with E-state index in [4.69, 9.17) is 0 Å². The zero-order valence-corrected chi connectivity index (χ0v) is 8.64. The minimum absolute atomic E-state index is 0.759. The molecule has 2 aliphatic rings. The molecule has 1 aliphatic heterocycles. The number of hydrogen-bond donors (Lipinski definition) is 0. The molecule has 0 amide bonds. The van der Waals surface area contributed by atoms with Gasteiger partial charge in [0, 0.05) is 12.1 Å². The van der Waals surface area contributed by atoms with Gasteiger partial charge < -0.3 is 0 Å². The molecular weight excluding hydrogens is 146 g/mol. The van der Waals surface area contributed by atoms with E-state index < -0.39 is 0 Å². The third-order valence-electron chi connectivity index (χ3n) is 3.92. The Morgan fingerprint density at radius 3 is 2.42 bits per heavy atom. The van der Waals surface area contributed by atoms with Crippen LogP contribution in [0.2, 0.25) is 0 Å². The molecule has 12 heavy (non-hydrogen) atoms. The molecule has 0 bridgehead atoms. The Kier molecular flexibility index (Phi) is 1.95. The van der Waals surface area contributed by atoms with Crippen molar-refractivity contribution < 1.29 is 0 Å². The van der Waals surface area contributed by atoms with Crippen LogP contribution in [0.25, 0.3) is 0 Å². The molecule has 2 fully saturated rings. The second-order valence-electron chi connectivity index (χ2n) is 4.87. The Bertz CT molecular complexity index is 170. The molecule has 0 aromatic heterocycles. The first-order valence-electron chi connectivity index (χ1n) is 5.45. The quantitative estimate of drug-likeness (QED) is 0.611. The summed E-state index contributed by atoms with van der Waals surface area (Å²) in [5.41, 5.74) is 0.791. The third kappa shape index (κ3) is 1.10. The molecule has 0 aromatic rings. The van der Waals surface area contributed by atoms with Gasteiger partial charge in [0.1, 0.15) is 0 Å². The fourth-order valence-electron chi connectivity index (χ4n) is 3.06. The smallest absolute Gasteiger partial charge is 0.0152 e. The SMILES string of the molecule is CC[C@H]1N(C(C)C)CCC12CC2. The van der Waals surface area contributed by atoms with Gasteiger partial charge in [-0.2, -0.15) is 0 Å². The second-order valence-corrected chi connectivity index (χ2v) is 4.87. The van der Waals surface area contributed by atoms with E-state index in [2.05, 4.69) is 25.7 Å². The molecule has 2 rings (SSSR count). The first-order valence-corrected chi connectivity index (χ1v) is 5.45. The van der Waals surface area contributed by atoms with Gasteiger partial charge in [-0.25, -0.2) is 0 Å². The maximum Gasteiger partial charge on any atom is 0.0152 e. The van der Waals surface area contributed by atoms with Crippen molar-refractivity contribution in [3.8, 4) is 0 Å². The molecular formula is C11H21N. The summed E-state index contributed by atoms with van der Waals surface area (Å²) in [6.07, 6.45) is 5.85. The largest absolute Gasteiger partial charge is 0.297 e. The van der Waals surface area contributed by atoms with Gasteiger partial charge in [-0.05, 0) is 51.5 Å². The summed E-state index contributed by atoms with van der Waals surface area (Å²) in [5.74, 6) is 0. The van der Waals surface area contributed by atoms with Crippen LogP contribution >= 0.6 is 0 Å². The molecule has 0 N–H and O–H groups in total. The van der Waals surface area contributed by atoms with Gasteiger partial charge in [0.2, 0.25) is 0 Å². The number of nitrogens with zero attached hydrogens (tertiary/aromatic N) is 1. The molecule has 1 spiro atoms. The highest BCUT2D eigenvalue weighted by Gasteiger charge is 2.54. The van der Waals surface area contributed by atoms with Crippen LogP contribution in [-0.4, -0.2) is 23.5 Å². The fourth-order valence-corrected chi connectivity index (χ4v) is 3.06. The zero-order chi connectivity index (χ0) is 8.77. The van der Waals surface area contributed by atoms with Crippen molar-refractivity contribution in [1.82, 2.24) is 4.90 Å². The average Bonchev–Trinajstić information content (AvgIpc) is 2.64. The van der Waals surface area contributed by atoms with E-state index in [1.54, 1.807) is 0 Å². The van der Waals surface area contributed by atoms with Crippen molar-refractivity contribution in [2.24, 2.45) is 5.41 Å². The number of hydrogen-bond acceptors (Lipinski definition) is 1. The van der Waals surface area contributed by atoms with Crippen LogP contribution < -0.4 is 0 Å². The van der Waals surface area contributed by atoms with Crippen molar-refractivity contribution in [2.75, 3.05) is 6.54 Å². The van der Waals surface area contributed by atoms with Gasteiger partial charge in [-0.15, -0.1) is 0 Å². The average molecular weight is 167 g/mol. The Morgan fingerprint density at radius 1 is 1.33 bits per heavy atom.